The van der Waals surface area contributed by atoms with E-state index in [1.54, 1.807) is 0 Å². The first-order chi connectivity index (χ1) is 6.18. The average molecular weight is 174 g/mol. The molecule has 1 unspecified atom stereocenters. The zero-order valence-corrected chi connectivity index (χ0v) is 8.39. The minimum absolute atomic E-state index is 0.297. The molecule has 1 atom stereocenters. The van der Waals surface area contributed by atoms with E-state index in [0.29, 0.717) is 5.82 Å². The Hall–Kier alpha value is -0.655. The predicted octanol–water partition coefficient (Wildman–Crippen LogP) is 2.73. The van der Waals surface area contributed by atoms with E-state index in [0.717, 1.165) is 30.8 Å². The number of fused-ring (bicyclic) bond motifs is 1. The Balaban J connectivity index is 2.39. The topological polar surface area (TPSA) is 13.1 Å². The smallest absolute Gasteiger partial charge is 0.107 e. The normalized spacial score (nSPS) is 22.5. The maximum absolute atomic E-state index is 5.95. The molecule has 0 fully saturated rings. The fourth-order valence-corrected chi connectivity index (χ4v) is 2.12. The van der Waals surface area contributed by atoms with Gasteiger partial charge in [-0.3, -0.25) is 0 Å². The maximum atomic E-state index is 5.95. The molecular formula is C11H15BO. The lowest BCUT2D eigenvalue weighted by atomic mass is 9.81. The molecular weight excluding hydrogens is 159 g/mol. The van der Waals surface area contributed by atoms with Gasteiger partial charge in [-0.25, -0.2) is 0 Å². The van der Waals surface area contributed by atoms with Crippen molar-refractivity contribution in [2.75, 3.05) is 0 Å². The number of hydrogen-bond acceptors (Lipinski definition) is 1. The van der Waals surface area contributed by atoms with Crippen molar-refractivity contribution in [1.29, 1.82) is 0 Å². The van der Waals surface area contributed by atoms with Crippen LogP contribution < -0.4 is 0 Å². The Bertz CT molecular complexity index is 314. The van der Waals surface area contributed by atoms with Crippen molar-refractivity contribution < 1.29 is 4.42 Å². The molecule has 1 aliphatic rings. The highest BCUT2D eigenvalue weighted by molar-refractivity contribution is 6.11. The number of rotatable bonds is 0. The van der Waals surface area contributed by atoms with Crippen LogP contribution in [-0.2, 0) is 12.8 Å². The number of furan rings is 1. The van der Waals surface area contributed by atoms with Gasteiger partial charge >= 0.3 is 0 Å². The van der Waals surface area contributed by atoms with Crippen molar-refractivity contribution in [2.45, 2.75) is 45.3 Å². The minimum atomic E-state index is 0.297. The highest BCUT2D eigenvalue weighted by Crippen LogP contribution is 2.31. The van der Waals surface area contributed by atoms with Crippen LogP contribution in [-0.4, -0.2) is 7.85 Å². The first-order valence-electron chi connectivity index (χ1n) is 5.02. The molecule has 13 heavy (non-hydrogen) atoms. The molecule has 68 valence electrons. The fraction of sp³-hybridized carbons (Fsp3) is 0.636. The van der Waals surface area contributed by atoms with Gasteiger partial charge in [0, 0.05) is 6.42 Å². The van der Waals surface area contributed by atoms with E-state index in [9.17, 15) is 0 Å². The number of aryl methyl sites for hydroxylation is 1. The molecule has 0 spiro atoms. The molecule has 0 saturated carbocycles. The Morgan fingerprint density at radius 2 is 2.15 bits per heavy atom. The second-order valence-electron chi connectivity index (χ2n) is 4.04. The van der Waals surface area contributed by atoms with Gasteiger partial charge in [0.2, 0.25) is 0 Å². The van der Waals surface area contributed by atoms with Gasteiger partial charge < -0.3 is 4.42 Å². The first-order valence-corrected chi connectivity index (χ1v) is 5.02. The summed E-state index contributed by atoms with van der Waals surface area (Å²) in [5.41, 5.74) is 2.76. The Morgan fingerprint density at radius 1 is 1.38 bits per heavy atom. The van der Waals surface area contributed by atoms with Crippen molar-refractivity contribution >= 4 is 7.85 Å². The van der Waals surface area contributed by atoms with Gasteiger partial charge in [-0.1, -0.05) is 12.2 Å². The van der Waals surface area contributed by atoms with Crippen molar-refractivity contribution in [3.8, 4) is 0 Å². The molecule has 1 heterocycles. The van der Waals surface area contributed by atoms with Gasteiger partial charge in [0.1, 0.15) is 11.5 Å². The van der Waals surface area contributed by atoms with E-state index in [1.165, 1.54) is 17.5 Å². The van der Waals surface area contributed by atoms with Gasteiger partial charge in [0.05, 0.1) is 7.85 Å². The zero-order chi connectivity index (χ0) is 9.42. The quantitative estimate of drug-likeness (QED) is 0.435. The van der Waals surface area contributed by atoms with E-state index in [4.69, 9.17) is 12.3 Å². The molecule has 1 nitrogen and oxygen atoms in total. The minimum Gasteiger partial charge on any atom is -0.466 e. The van der Waals surface area contributed by atoms with E-state index in [-0.39, 0.29) is 0 Å². The van der Waals surface area contributed by atoms with Gasteiger partial charge in [-0.05, 0) is 37.8 Å². The van der Waals surface area contributed by atoms with Gasteiger partial charge in [0.15, 0.2) is 0 Å². The van der Waals surface area contributed by atoms with Crippen LogP contribution in [0.25, 0.3) is 0 Å². The van der Waals surface area contributed by atoms with E-state index in [1.807, 2.05) is 6.92 Å². The van der Waals surface area contributed by atoms with E-state index < -0.39 is 0 Å². The summed E-state index contributed by atoms with van der Waals surface area (Å²) in [5, 5.41) is 0. The highest BCUT2D eigenvalue weighted by Gasteiger charge is 2.19. The van der Waals surface area contributed by atoms with Gasteiger partial charge in [-0.15, -0.1) is 0 Å². The summed E-state index contributed by atoms with van der Waals surface area (Å²) in [5.74, 6) is 2.50. The molecule has 1 aliphatic carbocycles. The maximum Gasteiger partial charge on any atom is 0.107 e. The third-order valence-corrected chi connectivity index (χ3v) is 3.04. The molecule has 0 bridgehead atoms. The SMILES string of the molecule is [B]C1CCCc2c(oc(C)c2C)C1. The lowest BCUT2D eigenvalue weighted by Gasteiger charge is -2.04. The predicted molar refractivity (Wildman–Crippen MR) is 54.3 cm³/mol. The van der Waals surface area contributed by atoms with Crippen LogP contribution >= 0.6 is 0 Å². The van der Waals surface area contributed by atoms with Gasteiger partial charge in [-0.2, -0.15) is 0 Å². The van der Waals surface area contributed by atoms with E-state index in [2.05, 4.69) is 6.92 Å². The molecule has 1 aromatic heterocycles. The summed E-state index contributed by atoms with van der Waals surface area (Å²) < 4.78 is 5.71. The Labute approximate surface area is 80.9 Å². The molecule has 0 amide bonds. The molecule has 2 heteroatoms. The molecule has 1 aromatic rings. The number of hydrogen-bond donors (Lipinski definition) is 0. The largest absolute Gasteiger partial charge is 0.466 e. The van der Waals surface area contributed by atoms with E-state index >= 15 is 0 Å². The Morgan fingerprint density at radius 3 is 2.92 bits per heavy atom. The standard InChI is InChI=1S/C11H15BO/c1-7-8(2)13-11-6-9(12)4-3-5-10(7)11/h9H,3-6H2,1-2H3. The third kappa shape index (κ3) is 1.54. The fourth-order valence-electron chi connectivity index (χ4n) is 2.12. The van der Waals surface area contributed by atoms with Crippen LogP contribution in [0.3, 0.4) is 0 Å². The van der Waals surface area contributed by atoms with Crippen LogP contribution in [0, 0.1) is 13.8 Å². The third-order valence-electron chi connectivity index (χ3n) is 3.04. The lowest BCUT2D eigenvalue weighted by molar-refractivity contribution is 0.475. The molecule has 0 aromatic carbocycles. The average Bonchev–Trinajstić information content (AvgIpc) is 2.28. The summed E-state index contributed by atoms with van der Waals surface area (Å²) in [4.78, 5) is 0. The summed E-state index contributed by atoms with van der Waals surface area (Å²) in [6.45, 7) is 4.18. The van der Waals surface area contributed by atoms with Crippen LogP contribution in [0.2, 0.25) is 5.82 Å². The monoisotopic (exact) mass is 174 g/mol. The summed E-state index contributed by atoms with van der Waals surface area (Å²) in [6, 6.07) is 0. The summed E-state index contributed by atoms with van der Waals surface area (Å²) in [7, 11) is 5.95. The summed E-state index contributed by atoms with van der Waals surface area (Å²) >= 11 is 0. The Kier molecular flexibility index (Phi) is 2.23. The first kappa shape index (κ1) is 8.92. The van der Waals surface area contributed by atoms with Crippen LogP contribution in [0.15, 0.2) is 4.42 Å². The van der Waals surface area contributed by atoms with Crippen LogP contribution in [0.1, 0.15) is 35.5 Å². The van der Waals surface area contributed by atoms with Crippen molar-refractivity contribution in [3.63, 3.8) is 0 Å². The van der Waals surface area contributed by atoms with Crippen LogP contribution in [0.5, 0.6) is 0 Å². The molecule has 0 saturated heterocycles. The zero-order valence-electron chi connectivity index (χ0n) is 8.39. The van der Waals surface area contributed by atoms with Crippen LogP contribution in [0.4, 0.5) is 0 Å². The summed E-state index contributed by atoms with van der Waals surface area (Å²) in [6.07, 6.45) is 4.40. The molecule has 0 N–H and O–H groups in total. The molecule has 2 radical (unpaired) electrons. The second kappa shape index (κ2) is 3.24. The molecule has 2 rings (SSSR count). The molecule has 0 aliphatic heterocycles. The van der Waals surface area contributed by atoms with Gasteiger partial charge in [0.25, 0.3) is 0 Å². The second-order valence-corrected chi connectivity index (χ2v) is 4.04. The van der Waals surface area contributed by atoms with Crippen molar-refractivity contribution in [1.82, 2.24) is 0 Å². The lowest BCUT2D eigenvalue weighted by Crippen LogP contribution is -1.93. The van der Waals surface area contributed by atoms with Crippen molar-refractivity contribution in [2.24, 2.45) is 0 Å². The highest BCUT2D eigenvalue weighted by atomic mass is 16.3. The van der Waals surface area contributed by atoms with Crippen molar-refractivity contribution in [3.05, 3.63) is 22.6 Å².